The van der Waals surface area contributed by atoms with Gasteiger partial charge in [0.05, 0.1) is 12.6 Å². The molecule has 0 aliphatic heterocycles. The Hall–Kier alpha value is -3.02. The zero-order valence-corrected chi connectivity index (χ0v) is 15.0. The lowest BCUT2D eigenvalue weighted by molar-refractivity contribution is -0.116. The van der Waals surface area contributed by atoms with Crippen LogP contribution in [-0.2, 0) is 18.3 Å². The summed E-state index contributed by atoms with van der Waals surface area (Å²) in [5.41, 5.74) is 3.03. The lowest BCUT2D eigenvalue weighted by Crippen LogP contribution is -2.11. The first-order valence-corrected chi connectivity index (χ1v) is 8.59. The minimum absolute atomic E-state index is 0.0441. The highest BCUT2D eigenvalue weighted by Gasteiger charge is 2.08. The number of hydrogen-bond donors (Lipinski definition) is 1. The Kier molecular flexibility index (Phi) is 5.41. The summed E-state index contributed by atoms with van der Waals surface area (Å²) in [7, 11) is 3.30. The highest BCUT2D eigenvalue weighted by atomic mass is 16.5. The van der Waals surface area contributed by atoms with Crippen LogP contribution in [0.4, 0.5) is 5.69 Å². The minimum atomic E-state index is -0.415. The van der Waals surface area contributed by atoms with Gasteiger partial charge in [-0.2, -0.15) is 0 Å². The van der Waals surface area contributed by atoms with E-state index in [9.17, 15) is 9.59 Å². The van der Waals surface area contributed by atoms with Gasteiger partial charge in [0.25, 0.3) is 0 Å². The second-order valence-corrected chi connectivity index (χ2v) is 6.21. The number of hydrogen-bond acceptors (Lipinski definition) is 4. The van der Waals surface area contributed by atoms with Crippen LogP contribution < -0.4 is 15.8 Å². The molecule has 6 nitrogen and oxygen atoms in total. The van der Waals surface area contributed by atoms with E-state index in [4.69, 9.17) is 9.15 Å². The summed E-state index contributed by atoms with van der Waals surface area (Å²) in [5.74, 6) is 0.388. The monoisotopic (exact) mass is 354 g/mol. The Morgan fingerprint density at radius 1 is 1.15 bits per heavy atom. The number of nitrogens with zero attached hydrogens (tertiary/aromatic N) is 1. The number of aromatic nitrogens is 1. The molecule has 1 aromatic heterocycles. The highest BCUT2D eigenvalue weighted by molar-refractivity contribution is 5.92. The number of aryl methyl sites for hydroxylation is 2. The number of carbonyl (C=O) groups is 1. The fraction of sp³-hybridized carbons (Fsp3) is 0.300. The number of fused-ring (bicyclic) bond motifs is 1. The molecule has 0 atom stereocenters. The summed E-state index contributed by atoms with van der Waals surface area (Å²) in [6, 6.07) is 13.2. The minimum Gasteiger partial charge on any atom is -0.497 e. The fourth-order valence-electron chi connectivity index (χ4n) is 2.84. The Bertz CT molecular complexity index is 954. The van der Waals surface area contributed by atoms with Gasteiger partial charge in [0, 0.05) is 25.2 Å². The number of carbonyl (C=O) groups excluding carboxylic acids is 1. The van der Waals surface area contributed by atoms with E-state index in [-0.39, 0.29) is 5.91 Å². The maximum absolute atomic E-state index is 12.1. The van der Waals surface area contributed by atoms with Crippen LogP contribution in [0.15, 0.2) is 51.7 Å². The third kappa shape index (κ3) is 4.14. The van der Waals surface area contributed by atoms with Crippen molar-refractivity contribution >= 4 is 22.7 Å². The van der Waals surface area contributed by atoms with Crippen LogP contribution in [0.25, 0.3) is 11.1 Å². The quantitative estimate of drug-likeness (QED) is 0.659. The van der Waals surface area contributed by atoms with E-state index in [2.05, 4.69) is 5.32 Å². The van der Waals surface area contributed by atoms with Crippen molar-refractivity contribution in [3.05, 3.63) is 58.6 Å². The van der Waals surface area contributed by atoms with Gasteiger partial charge in [-0.15, -0.1) is 0 Å². The van der Waals surface area contributed by atoms with Gasteiger partial charge >= 0.3 is 5.76 Å². The standard InChI is InChI=1S/C20H22N2O4/c1-22-17-12-9-15(13-18(17)26-20(22)24)21-19(23)6-4-3-5-14-7-10-16(25-2)11-8-14/h7-13H,3-6H2,1-2H3,(H,21,23). The Morgan fingerprint density at radius 2 is 1.92 bits per heavy atom. The Morgan fingerprint density at radius 3 is 2.65 bits per heavy atom. The summed E-state index contributed by atoms with van der Waals surface area (Å²) in [6.07, 6.45) is 3.12. The summed E-state index contributed by atoms with van der Waals surface area (Å²) < 4.78 is 11.7. The molecule has 0 fully saturated rings. The first-order valence-electron chi connectivity index (χ1n) is 8.59. The van der Waals surface area contributed by atoms with Crippen LogP contribution in [0.1, 0.15) is 24.8 Å². The molecule has 26 heavy (non-hydrogen) atoms. The molecule has 0 unspecified atom stereocenters. The van der Waals surface area contributed by atoms with Crippen molar-refractivity contribution in [2.75, 3.05) is 12.4 Å². The molecule has 0 saturated heterocycles. The molecule has 1 heterocycles. The van der Waals surface area contributed by atoms with E-state index in [0.717, 1.165) is 25.0 Å². The number of oxazole rings is 1. The molecule has 0 saturated carbocycles. The number of unbranched alkanes of at least 4 members (excludes halogenated alkanes) is 1. The number of nitrogens with one attached hydrogen (secondary N) is 1. The molecule has 0 aliphatic rings. The van der Waals surface area contributed by atoms with Crippen molar-refractivity contribution in [1.82, 2.24) is 4.57 Å². The van der Waals surface area contributed by atoms with Gasteiger partial charge in [0.15, 0.2) is 5.58 Å². The van der Waals surface area contributed by atoms with Gasteiger partial charge in [0.1, 0.15) is 5.75 Å². The number of methoxy groups -OCH3 is 1. The predicted octanol–water partition coefficient (Wildman–Crippen LogP) is 3.49. The lowest BCUT2D eigenvalue weighted by Gasteiger charge is -2.06. The number of rotatable bonds is 7. The largest absolute Gasteiger partial charge is 0.497 e. The number of amides is 1. The molecule has 0 bridgehead atoms. The molecule has 136 valence electrons. The van der Waals surface area contributed by atoms with Crippen molar-refractivity contribution < 1.29 is 13.9 Å². The molecule has 3 aromatic rings. The Balaban J connectivity index is 1.47. The van der Waals surface area contributed by atoms with Crippen LogP contribution >= 0.6 is 0 Å². The van der Waals surface area contributed by atoms with E-state index < -0.39 is 5.76 Å². The van der Waals surface area contributed by atoms with Crippen molar-refractivity contribution in [1.29, 1.82) is 0 Å². The van der Waals surface area contributed by atoms with Crippen LogP contribution in [0, 0.1) is 0 Å². The van der Waals surface area contributed by atoms with Gasteiger partial charge in [0.2, 0.25) is 5.91 Å². The summed E-state index contributed by atoms with van der Waals surface area (Å²) in [4.78, 5) is 23.6. The van der Waals surface area contributed by atoms with Gasteiger partial charge in [-0.05, 0) is 49.1 Å². The van der Waals surface area contributed by atoms with Crippen molar-refractivity contribution in [2.24, 2.45) is 7.05 Å². The van der Waals surface area contributed by atoms with Crippen LogP contribution in [0.2, 0.25) is 0 Å². The van der Waals surface area contributed by atoms with Gasteiger partial charge in [-0.1, -0.05) is 12.1 Å². The zero-order valence-electron chi connectivity index (χ0n) is 15.0. The van der Waals surface area contributed by atoms with E-state index in [1.807, 2.05) is 24.3 Å². The molecule has 6 heteroatoms. The molecular formula is C20H22N2O4. The second kappa shape index (κ2) is 7.91. The molecule has 1 amide bonds. The van der Waals surface area contributed by atoms with Gasteiger partial charge in [-0.25, -0.2) is 4.79 Å². The van der Waals surface area contributed by atoms with Gasteiger partial charge < -0.3 is 14.5 Å². The topological polar surface area (TPSA) is 73.5 Å². The fourth-order valence-corrected chi connectivity index (χ4v) is 2.84. The Labute approximate surface area is 151 Å². The van der Waals surface area contributed by atoms with Crippen LogP contribution in [0.5, 0.6) is 5.75 Å². The maximum atomic E-state index is 12.1. The van der Waals surface area contributed by atoms with Gasteiger partial charge in [-0.3, -0.25) is 9.36 Å². The summed E-state index contributed by atoms with van der Waals surface area (Å²) >= 11 is 0. The van der Waals surface area contributed by atoms with Crippen LogP contribution in [0.3, 0.4) is 0 Å². The summed E-state index contributed by atoms with van der Waals surface area (Å²) in [5, 5.41) is 2.85. The number of benzene rings is 2. The molecular weight excluding hydrogens is 332 g/mol. The smallest absolute Gasteiger partial charge is 0.419 e. The molecule has 0 radical (unpaired) electrons. The summed E-state index contributed by atoms with van der Waals surface area (Å²) in [6.45, 7) is 0. The second-order valence-electron chi connectivity index (χ2n) is 6.21. The molecule has 3 rings (SSSR count). The first kappa shape index (κ1) is 17.8. The lowest BCUT2D eigenvalue weighted by atomic mass is 10.1. The first-order chi connectivity index (χ1) is 12.6. The number of anilines is 1. The van der Waals surface area contributed by atoms with E-state index in [1.165, 1.54) is 10.1 Å². The maximum Gasteiger partial charge on any atom is 0.419 e. The van der Waals surface area contributed by atoms with E-state index in [1.54, 1.807) is 32.4 Å². The molecule has 2 aromatic carbocycles. The number of ether oxygens (including phenoxy) is 1. The average Bonchev–Trinajstić information content (AvgIpc) is 2.93. The third-order valence-electron chi connectivity index (χ3n) is 4.35. The average molecular weight is 354 g/mol. The van der Waals surface area contributed by atoms with E-state index >= 15 is 0 Å². The normalized spacial score (nSPS) is 10.8. The SMILES string of the molecule is COc1ccc(CCCCC(=O)Nc2ccc3c(c2)oc(=O)n3C)cc1. The third-order valence-corrected chi connectivity index (χ3v) is 4.35. The molecule has 0 spiro atoms. The van der Waals surface area contributed by atoms with Crippen molar-refractivity contribution in [3.63, 3.8) is 0 Å². The zero-order chi connectivity index (χ0) is 18.5. The molecule has 1 N–H and O–H groups in total. The highest BCUT2D eigenvalue weighted by Crippen LogP contribution is 2.18. The van der Waals surface area contributed by atoms with Crippen molar-refractivity contribution in [2.45, 2.75) is 25.7 Å². The van der Waals surface area contributed by atoms with Crippen LogP contribution in [-0.4, -0.2) is 17.6 Å². The van der Waals surface area contributed by atoms with Crippen molar-refractivity contribution in [3.8, 4) is 5.75 Å². The van der Waals surface area contributed by atoms with E-state index in [0.29, 0.717) is 23.2 Å². The predicted molar refractivity (Wildman–Crippen MR) is 101 cm³/mol. The molecule has 0 aliphatic carbocycles.